The molecule has 0 bridgehead atoms. The minimum absolute atomic E-state index is 0.0196. The predicted octanol–water partition coefficient (Wildman–Crippen LogP) is 6.67. The summed E-state index contributed by atoms with van der Waals surface area (Å²) >= 11 is 4.45. The first-order valence-electron chi connectivity index (χ1n) is 8.99. The summed E-state index contributed by atoms with van der Waals surface area (Å²) in [4.78, 5) is 16.7. The number of thiazole rings is 1. The van der Waals surface area contributed by atoms with Crippen LogP contribution in [0.1, 0.15) is 10.6 Å². The van der Waals surface area contributed by atoms with Gasteiger partial charge in [-0.2, -0.15) is 18.4 Å². The van der Waals surface area contributed by atoms with Gasteiger partial charge in [-0.3, -0.25) is 0 Å². The molecule has 0 unspecified atom stereocenters. The summed E-state index contributed by atoms with van der Waals surface area (Å²) in [5, 5.41) is 14.5. The molecular formula is C22H11BrF3N3O2S. The zero-order valence-electron chi connectivity index (χ0n) is 15.9. The summed E-state index contributed by atoms with van der Waals surface area (Å²) in [7, 11) is 0. The topological polar surface area (TPSA) is 78.9 Å². The Labute approximate surface area is 191 Å². The molecule has 2 heterocycles. The van der Waals surface area contributed by atoms with Gasteiger partial charge in [0.1, 0.15) is 22.2 Å². The van der Waals surface area contributed by atoms with E-state index in [9.17, 15) is 23.2 Å². The average Bonchev–Trinajstić information content (AvgIpc) is 3.23. The fourth-order valence-electron chi connectivity index (χ4n) is 2.94. The Kier molecular flexibility index (Phi) is 5.86. The second kappa shape index (κ2) is 8.61. The van der Waals surface area contributed by atoms with E-state index in [4.69, 9.17) is 4.42 Å². The number of aromatic nitrogens is 1. The molecule has 4 aromatic rings. The third-order valence-corrected chi connectivity index (χ3v) is 5.80. The largest absolute Gasteiger partial charge is 0.422 e. The molecule has 160 valence electrons. The van der Waals surface area contributed by atoms with Crippen LogP contribution in [0.5, 0.6) is 0 Å². The molecule has 2 aromatic heterocycles. The summed E-state index contributed by atoms with van der Waals surface area (Å²) in [6.07, 6.45) is -3.38. The van der Waals surface area contributed by atoms with Crippen LogP contribution in [0.15, 0.2) is 73.8 Å². The second-order valence-electron chi connectivity index (χ2n) is 6.53. The van der Waals surface area contributed by atoms with Gasteiger partial charge in [0.2, 0.25) is 0 Å². The van der Waals surface area contributed by atoms with Gasteiger partial charge >= 0.3 is 11.8 Å². The number of nitrogens with one attached hydrogen (secondary N) is 1. The number of anilines is 1. The molecule has 0 aliphatic heterocycles. The molecular weight excluding hydrogens is 507 g/mol. The summed E-state index contributed by atoms with van der Waals surface area (Å²) < 4.78 is 45.6. The standard InChI is InChI=1S/C22H11BrF3N3O2S/c23-14-5-6-19-12(7-14)8-15(21(30)31-19)18-11-32-20(29-18)13(9-27)10-28-17-4-2-1-3-16(17)22(24,25)26/h1-8,10-11,28H/b13-10-. The van der Waals surface area contributed by atoms with Crippen LogP contribution in [0.3, 0.4) is 0 Å². The van der Waals surface area contributed by atoms with Gasteiger partial charge in [0.15, 0.2) is 0 Å². The SMILES string of the molecule is N#C/C(=C/Nc1ccccc1C(F)(F)F)c1nc(-c2cc3cc(Br)ccc3oc2=O)cs1. The van der Waals surface area contributed by atoms with E-state index in [1.54, 1.807) is 29.6 Å². The first-order chi connectivity index (χ1) is 15.3. The molecule has 5 nitrogen and oxygen atoms in total. The number of halogens is 4. The highest BCUT2D eigenvalue weighted by atomic mass is 79.9. The fourth-order valence-corrected chi connectivity index (χ4v) is 4.11. The van der Waals surface area contributed by atoms with Gasteiger partial charge < -0.3 is 9.73 Å². The van der Waals surface area contributed by atoms with E-state index in [2.05, 4.69) is 26.2 Å². The molecule has 0 saturated heterocycles. The number of nitriles is 1. The van der Waals surface area contributed by atoms with Gasteiger partial charge in [0, 0.05) is 21.4 Å². The van der Waals surface area contributed by atoms with E-state index < -0.39 is 17.4 Å². The van der Waals surface area contributed by atoms with Crippen LogP contribution in [0, 0.1) is 11.3 Å². The molecule has 2 aromatic carbocycles. The smallest absolute Gasteiger partial charge is 0.418 e. The molecule has 0 saturated carbocycles. The van der Waals surface area contributed by atoms with Crippen LogP contribution in [-0.4, -0.2) is 4.98 Å². The number of allylic oxidation sites excluding steroid dienone is 1. The second-order valence-corrected chi connectivity index (χ2v) is 8.30. The molecule has 0 atom stereocenters. The van der Waals surface area contributed by atoms with E-state index in [1.165, 1.54) is 18.2 Å². The van der Waals surface area contributed by atoms with Crippen molar-refractivity contribution in [1.82, 2.24) is 4.98 Å². The third-order valence-electron chi connectivity index (χ3n) is 4.43. The summed E-state index contributed by atoms with van der Waals surface area (Å²) in [6.45, 7) is 0. The number of alkyl halides is 3. The van der Waals surface area contributed by atoms with E-state index in [0.717, 1.165) is 28.1 Å². The van der Waals surface area contributed by atoms with Crippen molar-refractivity contribution in [2.24, 2.45) is 0 Å². The maximum atomic E-state index is 13.2. The molecule has 0 aliphatic rings. The van der Waals surface area contributed by atoms with E-state index in [1.807, 2.05) is 6.07 Å². The normalized spacial score (nSPS) is 12.0. The van der Waals surface area contributed by atoms with E-state index in [0.29, 0.717) is 16.7 Å². The fraction of sp³-hybridized carbons (Fsp3) is 0.0455. The van der Waals surface area contributed by atoms with Gasteiger partial charge in [-0.25, -0.2) is 9.78 Å². The van der Waals surface area contributed by atoms with Crippen molar-refractivity contribution < 1.29 is 17.6 Å². The molecule has 0 spiro atoms. The number of hydrogen-bond donors (Lipinski definition) is 1. The summed E-state index contributed by atoms with van der Waals surface area (Å²) in [6, 6.07) is 13.7. The number of hydrogen-bond acceptors (Lipinski definition) is 6. The third kappa shape index (κ3) is 4.44. The van der Waals surface area contributed by atoms with Crippen molar-refractivity contribution in [2.45, 2.75) is 6.18 Å². The Morgan fingerprint density at radius 2 is 2.00 bits per heavy atom. The maximum absolute atomic E-state index is 13.2. The lowest BCUT2D eigenvalue weighted by Gasteiger charge is -2.12. The van der Waals surface area contributed by atoms with E-state index in [-0.39, 0.29) is 21.8 Å². The average molecular weight is 518 g/mol. The molecule has 0 radical (unpaired) electrons. The molecule has 1 N–H and O–H groups in total. The molecule has 32 heavy (non-hydrogen) atoms. The highest BCUT2D eigenvalue weighted by molar-refractivity contribution is 9.10. The van der Waals surface area contributed by atoms with Crippen molar-refractivity contribution in [2.75, 3.05) is 5.32 Å². The lowest BCUT2D eigenvalue weighted by Crippen LogP contribution is -2.08. The Morgan fingerprint density at radius 1 is 1.22 bits per heavy atom. The highest BCUT2D eigenvalue weighted by Gasteiger charge is 2.33. The number of para-hydroxylation sites is 1. The van der Waals surface area contributed by atoms with Gasteiger partial charge in [-0.15, -0.1) is 11.3 Å². The van der Waals surface area contributed by atoms with Crippen molar-refractivity contribution >= 4 is 49.5 Å². The van der Waals surface area contributed by atoms with Crippen molar-refractivity contribution in [1.29, 1.82) is 5.26 Å². The van der Waals surface area contributed by atoms with Crippen molar-refractivity contribution in [3.05, 3.63) is 85.6 Å². The minimum Gasteiger partial charge on any atom is -0.422 e. The monoisotopic (exact) mass is 517 g/mol. The molecule has 0 amide bonds. The van der Waals surface area contributed by atoms with Crippen LogP contribution < -0.4 is 10.9 Å². The first kappa shape index (κ1) is 21.8. The molecule has 10 heteroatoms. The Bertz CT molecular complexity index is 1450. The van der Waals surface area contributed by atoms with Crippen LogP contribution in [-0.2, 0) is 6.18 Å². The van der Waals surface area contributed by atoms with Crippen molar-refractivity contribution in [3.8, 4) is 17.3 Å². The maximum Gasteiger partial charge on any atom is 0.418 e. The summed E-state index contributed by atoms with van der Waals surface area (Å²) in [5.41, 5.74) is -0.674. The van der Waals surface area contributed by atoms with Crippen LogP contribution in [0.2, 0.25) is 0 Å². The summed E-state index contributed by atoms with van der Waals surface area (Å²) in [5.74, 6) is 0. The van der Waals surface area contributed by atoms with Gasteiger partial charge in [-0.05, 0) is 36.4 Å². The zero-order chi connectivity index (χ0) is 22.9. The molecule has 4 rings (SSSR count). The van der Waals surface area contributed by atoms with Crippen molar-refractivity contribution in [3.63, 3.8) is 0 Å². The first-order valence-corrected chi connectivity index (χ1v) is 10.7. The van der Waals surface area contributed by atoms with E-state index >= 15 is 0 Å². The Morgan fingerprint density at radius 3 is 2.75 bits per heavy atom. The molecule has 0 fully saturated rings. The van der Waals surface area contributed by atoms with Crippen LogP contribution >= 0.6 is 27.3 Å². The number of benzene rings is 2. The number of fused-ring (bicyclic) bond motifs is 1. The van der Waals surface area contributed by atoms with Crippen LogP contribution in [0.25, 0.3) is 27.8 Å². The van der Waals surface area contributed by atoms with Gasteiger partial charge in [-0.1, -0.05) is 28.1 Å². The highest BCUT2D eigenvalue weighted by Crippen LogP contribution is 2.35. The zero-order valence-corrected chi connectivity index (χ0v) is 18.3. The van der Waals surface area contributed by atoms with Gasteiger partial charge in [0.05, 0.1) is 22.5 Å². The Balaban J connectivity index is 1.67. The lowest BCUT2D eigenvalue weighted by molar-refractivity contribution is -0.136. The van der Waals surface area contributed by atoms with Gasteiger partial charge in [0.25, 0.3) is 0 Å². The lowest BCUT2D eigenvalue weighted by atomic mass is 10.1. The minimum atomic E-state index is -4.54. The number of nitrogens with zero attached hydrogens (tertiary/aromatic N) is 2. The molecule has 0 aliphatic carbocycles. The quantitative estimate of drug-likeness (QED) is 0.241. The Hall–Kier alpha value is -3.42. The predicted molar refractivity (Wildman–Crippen MR) is 120 cm³/mol. The number of rotatable bonds is 4. The van der Waals surface area contributed by atoms with Crippen LogP contribution in [0.4, 0.5) is 18.9 Å².